The van der Waals surface area contributed by atoms with Gasteiger partial charge in [-0.3, -0.25) is 0 Å². The molecule has 0 aliphatic rings. The monoisotopic (exact) mass is 492 g/mol. The van der Waals surface area contributed by atoms with Crippen LogP contribution >= 0.6 is 17.3 Å². The van der Waals surface area contributed by atoms with Crippen LogP contribution in [-0.2, 0) is 18.8 Å². The molecular weight excluding hydrogens is 478 g/mol. The van der Waals surface area contributed by atoms with E-state index in [2.05, 4.69) is 100 Å². The first-order valence-electron chi connectivity index (χ1n) is 6.52. The van der Waals surface area contributed by atoms with Crippen LogP contribution in [0, 0.1) is 0 Å². The molecule has 0 fully saturated rings. The van der Waals surface area contributed by atoms with Gasteiger partial charge in [0.25, 0.3) is 0 Å². The van der Waals surface area contributed by atoms with Crippen LogP contribution in [0.4, 0.5) is 0 Å². The van der Waals surface area contributed by atoms with Crippen molar-refractivity contribution in [3.05, 3.63) is 91.0 Å². The molecule has 0 nitrogen and oxygen atoms in total. The van der Waals surface area contributed by atoms with E-state index >= 15 is 0 Å². The van der Waals surface area contributed by atoms with E-state index in [9.17, 15) is 0 Å². The van der Waals surface area contributed by atoms with E-state index in [1.54, 1.807) is 18.8 Å². The molecule has 21 heavy (non-hydrogen) atoms. The molecule has 0 heterocycles. The summed E-state index contributed by atoms with van der Waals surface area (Å²) in [4.78, 5) is 0. The van der Waals surface area contributed by atoms with Gasteiger partial charge in [-0.05, 0) is 23.8 Å². The third-order valence-corrected chi connectivity index (χ3v) is 5.49. The maximum Gasteiger partial charge on any atom is -0.0134 e. The summed E-state index contributed by atoms with van der Waals surface area (Å²) in [6.45, 7) is 0. The van der Waals surface area contributed by atoms with Crippen LogP contribution in [0.1, 0.15) is 0 Å². The number of rotatable bonds is 3. The van der Waals surface area contributed by atoms with Gasteiger partial charge in [0.15, 0.2) is 0 Å². The van der Waals surface area contributed by atoms with Crippen LogP contribution in [0.3, 0.4) is 0 Å². The van der Waals surface area contributed by atoms with Crippen molar-refractivity contribution in [2.75, 3.05) is 0 Å². The molecule has 0 aromatic heterocycles. The van der Waals surface area contributed by atoms with E-state index in [1.807, 2.05) is 0 Å². The minimum absolute atomic E-state index is 0.446. The topological polar surface area (TPSA) is 0 Å². The zero-order valence-electron chi connectivity index (χ0n) is 11.3. The van der Waals surface area contributed by atoms with Gasteiger partial charge in [0.2, 0.25) is 0 Å². The van der Waals surface area contributed by atoms with Gasteiger partial charge >= 0.3 is 28.2 Å². The van der Waals surface area contributed by atoms with E-state index in [0.717, 1.165) is 0 Å². The van der Waals surface area contributed by atoms with Crippen molar-refractivity contribution in [3.63, 3.8) is 0 Å². The van der Waals surface area contributed by atoms with Crippen molar-refractivity contribution >= 4 is 33.3 Å². The van der Waals surface area contributed by atoms with Crippen LogP contribution in [-0.4, -0.2) is 0 Å². The normalized spacial score (nSPS) is 9.90. The Morgan fingerprint density at radius 1 is 0.476 bits per heavy atom. The van der Waals surface area contributed by atoms with Gasteiger partial charge in [0.1, 0.15) is 0 Å². The summed E-state index contributed by atoms with van der Waals surface area (Å²) in [7, 11) is 4.17. The maximum absolute atomic E-state index is 4.61. The molecule has 0 aliphatic carbocycles. The van der Waals surface area contributed by atoms with Crippen molar-refractivity contribution in [1.29, 1.82) is 0 Å². The molecule has 0 spiro atoms. The van der Waals surface area contributed by atoms with Crippen LogP contribution in [0.5, 0.6) is 0 Å². The van der Waals surface area contributed by atoms with E-state index in [1.165, 1.54) is 15.9 Å². The quantitative estimate of drug-likeness (QED) is 0.482. The van der Waals surface area contributed by atoms with Gasteiger partial charge in [0.05, 0.1) is 0 Å². The zero-order valence-corrected chi connectivity index (χ0v) is 15.2. The average molecular weight is 493 g/mol. The Kier molecular flexibility index (Phi) is 7.17. The molecule has 109 valence electrons. The molecule has 0 bridgehead atoms. The number of hydrogen-bond donors (Lipinski definition) is 0. The van der Waals surface area contributed by atoms with Crippen LogP contribution in [0.15, 0.2) is 91.0 Å². The summed E-state index contributed by atoms with van der Waals surface area (Å²) in [5.74, 6) is 0. The van der Waals surface area contributed by atoms with Crippen LogP contribution in [0.25, 0.3) is 0 Å². The van der Waals surface area contributed by atoms with E-state index in [4.69, 9.17) is 0 Å². The second kappa shape index (κ2) is 9.16. The van der Waals surface area contributed by atoms with Crippen LogP contribution in [0.2, 0.25) is 0 Å². The smallest absolute Gasteiger partial charge is 0.0134 e. The standard InChI is InChI=1S/C18H15P.ClH.Pt/c1-4-10-16(11-5-1)19(17-12-6-2-7-13-17)18-14-8-3-9-15-18;;/h1-15H;1H;/q;;+1/p-1. The maximum atomic E-state index is 4.61. The molecule has 0 atom stereocenters. The molecule has 0 aliphatic heterocycles. The fourth-order valence-corrected chi connectivity index (χ4v) is 4.48. The second-order valence-corrected chi connectivity index (χ2v) is 6.56. The first-order chi connectivity index (χ1) is 10.4. The minimum Gasteiger partial charge on any atom is -0.0622 e. The Morgan fingerprint density at radius 2 is 0.714 bits per heavy atom. The largest absolute Gasteiger partial charge is 0.0622 e. The first-order valence-corrected chi connectivity index (χ1v) is 10.7. The molecule has 0 saturated carbocycles. The number of halogens is 1. The predicted molar refractivity (Wildman–Crippen MR) is 91.0 cm³/mol. The van der Waals surface area contributed by atoms with Crippen molar-refractivity contribution in [2.24, 2.45) is 0 Å². The molecule has 3 heteroatoms. The molecule has 3 aromatic carbocycles. The number of hydrogen-bond acceptors (Lipinski definition) is 0. The fourth-order valence-electron chi connectivity index (χ4n) is 2.18. The van der Waals surface area contributed by atoms with Gasteiger partial charge in [-0.1, -0.05) is 91.0 Å². The predicted octanol–water partition coefficient (Wildman–Crippen LogP) is 4.13. The molecule has 0 unspecified atom stereocenters. The van der Waals surface area contributed by atoms with Gasteiger partial charge in [-0.25, -0.2) is 0 Å². The van der Waals surface area contributed by atoms with Gasteiger partial charge in [0, 0.05) is 0 Å². The molecule has 0 amide bonds. The Labute approximate surface area is 142 Å². The Bertz CT molecular complexity index is 535. The van der Waals surface area contributed by atoms with Crippen molar-refractivity contribution < 1.29 is 18.8 Å². The number of benzene rings is 3. The Morgan fingerprint density at radius 3 is 0.952 bits per heavy atom. The van der Waals surface area contributed by atoms with E-state index in [-0.39, 0.29) is 0 Å². The van der Waals surface area contributed by atoms with Crippen LogP contribution < -0.4 is 15.9 Å². The third kappa shape index (κ3) is 4.52. The van der Waals surface area contributed by atoms with E-state index in [0.29, 0.717) is 0 Å². The molecule has 0 radical (unpaired) electrons. The summed E-state index contributed by atoms with van der Waals surface area (Å²) in [6, 6.07) is 32.3. The van der Waals surface area contributed by atoms with Gasteiger partial charge in [-0.15, -0.1) is 0 Å². The summed E-state index contributed by atoms with van der Waals surface area (Å²) in [5, 5.41) is 4.19. The Balaban J connectivity index is 0.000000774. The van der Waals surface area contributed by atoms with Crippen molar-refractivity contribution in [1.82, 2.24) is 0 Å². The summed E-state index contributed by atoms with van der Waals surface area (Å²) < 4.78 is 0. The van der Waals surface area contributed by atoms with Gasteiger partial charge in [-0.2, -0.15) is 0 Å². The second-order valence-electron chi connectivity index (χ2n) is 4.34. The van der Waals surface area contributed by atoms with E-state index < -0.39 is 7.92 Å². The first kappa shape index (κ1) is 16.4. The average Bonchev–Trinajstić information content (AvgIpc) is 2.60. The fraction of sp³-hybridized carbons (Fsp3) is 0. The Hall–Kier alpha value is -0.932. The van der Waals surface area contributed by atoms with Crippen molar-refractivity contribution in [2.45, 2.75) is 0 Å². The molecule has 0 saturated heterocycles. The molecule has 3 rings (SSSR count). The van der Waals surface area contributed by atoms with Gasteiger partial charge < -0.3 is 0 Å². The zero-order chi connectivity index (χ0) is 14.9. The summed E-state index contributed by atoms with van der Waals surface area (Å²) >= 11 is 1.61. The SMILES string of the molecule is [Cl][Pt].c1ccc(P(c2ccccc2)c2ccccc2)cc1. The summed E-state index contributed by atoms with van der Waals surface area (Å²) in [6.07, 6.45) is 0. The minimum atomic E-state index is -0.446. The third-order valence-electron chi connectivity index (χ3n) is 3.04. The molecular formula is C18H15ClPPt. The summed E-state index contributed by atoms with van der Waals surface area (Å²) in [5.41, 5.74) is 0. The molecule has 3 aromatic rings. The molecule has 0 N–H and O–H groups in total. The van der Waals surface area contributed by atoms with Crippen molar-refractivity contribution in [3.8, 4) is 0 Å².